The SMILES string of the molecule is Cc1cc(C)cc(CC(C)(O)CNC(C)C)c1. The van der Waals surface area contributed by atoms with Crippen molar-refractivity contribution < 1.29 is 5.11 Å². The quantitative estimate of drug-likeness (QED) is 0.822. The molecule has 0 fully saturated rings. The van der Waals surface area contributed by atoms with E-state index in [2.05, 4.69) is 51.2 Å². The number of hydrogen-bond donors (Lipinski definition) is 2. The average Bonchev–Trinajstić information content (AvgIpc) is 2.12. The molecular formula is C15H25NO. The molecule has 0 amide bonds. The molecule has 17 heavy (non-hydrogen) atoms. The minimum Gasteiger partial charge on any atom is -0.389 e. The molecule has 0 heterocycles. The summed E-state index contributed by atoms with van der Waals surface area (Å²) in [5.41, 5.74) is 3.03. The Kier molecular flexibility index (Phi) is 4.72. The highest BCUT2D eigenvalue weighted by molar-refractivity contribution is 5.29. The van der Waals surface area contributed by atoms with E-state index in [-0.39, 0.29) is 0 Å². The van der Waals surface area contributed by atoms with Crippen molar-refractivity contribution in [2.24, 2.45) is 0 Å². The Morgan fingerprint density at radius 2 is 1.71 bits per heavy atom. The fourth-order valence-corrected chi connectivity index (χ4v) is 2.10. The van der Waals surface area contributed by atoms with Crippen LogP contribution in [-0.2, 0) is 6.42 Å². The van der Waals surface area contributed by atoms with Gasteiger partial charge in [-0.1, -0.05) is 43.2 Å². The summed E-state index contributed by atoms with van der Waals surface area (Å²) in [6.45, 7) is 10.9. The van der Waals surface area contributed by atoms with Gasteiger partial charge in [0.05, 0.1) is 5.60 Å². The monoisotopic (exact) mass is 235 g/mol. The molecule has 0 radical (unpaired) electrons. The highest BCUT2D eigenvalue weighted by Crippen LogP contribution is 2.16. The first-order valence-corrected chi connectivity index (χ1v) is 6.31. The minimum absolute atomic E-state index is 0.403. The van der Waals surface area contributed by atoms with Gasteiger partial charge in [0.1, 0.15) is 0 Å². The molecule has 0 aliphatic carbocycles. The molecule has 0 bridgehead atoms. The third-order valence-electron chi connectivity index (χ3n) is 2.76. The zero-order chi connectivity index (χ0) is 13.1. The van der Waals surface area contributed by atoms with Crippen LogP contribution in [0.1, 0.15) is 37.5 Å². The smallest absolute Gasteiger partial charge is 0.0783 e. The van der Waals surface area contributed by atoms with Gasteiger partial charge in [0, 0.05) is 19.0 Å². The highest BCUT2D eigenvalue weighted by Gasteiger charge is 2.21. The molecule has 1 aromatic rings. The van der Waals surface area contributed by atoms with E-state index in [9.17, 15) is 5.11 Å². The highest BCUT2D eigenvalue weighted by atomic mass is 16.3. The minimum atomic E-state index is -0.690. The first-order valence-electron chi connectivity index (χ1n) is 6.31. The van der Waals surface area contributed by atoms with E-state index in [1.54, 1.807) is 0 Å². The normalized spacial score (nSPS) is 15.0. The summed E-state index contributed by atoms with van der Waals surface area (Å²) in [5.74, 6) is 0. The molecule has 1 unspecified atom stereocenters. The van der Waals surface area contributed by atoms with Crippen LogP contribution in [0.2, 0.25) is 0 Å². The lowest BCUT2D eigenvalue weighted by Crippen LogP contribution is -2.42. The summed E-state index contributed by atoms with van der Waals surface area (Å²) in [6.07, 6.45) is 0.690. The van der Waals surface area contributed by atoms with Gasteiger partial charge in [-0.2, -0.15) is 0 Å². The van der Waals surface area contributed by atoms with E-state index in [4.69, 9.17) is 0 Å². The molecule has 1 aromatic carbocycles. The molecule has 0 aliphatic rings. The van der Waals surface area contributed by atoms with Crippen LogP contribution >= 0.6 is 0 Å². The number of benzene rings is 1. The van der Waals surface area contributed by atoms with Crippen LogP contribution < -0.4 is 5.32 Å². The van der Waals surface area contributed by atoms with Crippen LogP contribution in [0, 0.1) is 13.8 Å². The molecule has 2 nitrogen and oxygen atoms in total. The van der Waals surface area contributed by atoms with Gasteiger partial charge in [-0.05, 0) is 26.3 Å². The Morgan fingerprint density at radius 3 is 2.18 bits per heavy atom. The van der Waals surface area contributed by atoms with Crippen molar-refractivity contribution in [1.29, 1.82) is 0 Å². The molecule has 0 aliphatic heterocycles. The summed E-state index contributed by atoms with van der Waals surface area (Å²) in [5, 5.41) is 13.6. The van der Waals surface area contributed by atoms with Gasteiger partial charge in [-0.15, -0.1) is 0 Å². The second kappa shape index (κ2) is 5.65. The Hall–Kier alpha value is -0.860. The maximum atomic E-state index is 10.3. The predicted octanol–water partition coefficient (Wildman–Crippen LogP) is 2.59. The maximum Gasteiger partial charge on any atom is 0.0783 e. The summed E-state index contributed by atoms with van der Waals surface area (Å²) in [7, 11) is 0. The van der Waals surface area contributed by atoms with Gasteiger partial charge < -0.3 is 10.4 Å². The number of nitrogens with one attached hydrogen (secondary N) is 1. The first-order chi connectivity index (χ1) is 7.78. The summed E-state index contributed by atoms with van der Waals surface area (Å²) >= 11 is 0. The summed E-state index contributed by atoms with van der Waals surface area (Å²) in [4.78, 5) is 0. The van der Waals surface area contributed by atoms with Gasteiger partial charge in [-0.25, -0.2) is 0 Å². The van der Waals surface area contributed by atoms with Crippen molar-refractivity contribution in [1.82, 2.24) is 5.32 Å². The van der Waals surface area contributed by atoms with Crippen molar-refractivity contribution >= 4 is 0 Å². The Bertz CT molecular complexity index is 349. The molecule has 0 aromatic heterocycles. The van der Waals surface area contributed by atoms with Crippen molar-refractivity contribution in [3.8, 4) is 0 Å². The van der Waals surface area contributed by atoms with E-state index in [1.165, 1.54) is 16.7 Å². The third kappa shape index (κ3) is 5.33. The molecule has 0 spiro atoms. The summed E-state index contributed by atoms with van der Waals surface area (Å²) in [6, 6.07) is 6.86. The maximum absolute atomic E-state index is 10.3. The van der Waals surface area contributed by atoms with Crippen LogP contribution in [-0.4, -0.2) is 23.3 Å². The van der Waals surface area contributed by atoms with Gasteiger partial charge in [-0.3, -0.25) is 0 Å². The molecule has 1 atom stereocenters. The predicted molar refractivity (Wildman–Crippen MR) is 73.4 cm³/mol. The third-order valence-corrected chi connectivity index (χ3v) is 2.76. The fourth-order valence-electron chi connectivity index (χ4n) is 2.10. The van der Waals surface area contributed by atoms with Gasteiger partial charge in [0.2, 0.25) is 0 Å². The molecule has 1 rings (SSSR count). The standard InChI is InChI=1S/C15H25NO/c1-11(2)16-10-15(5,17)9-14-7-12(3)6-13(4)8-14/h6-8,11,16-17H,9-10H2,1-5H3. The number of aliphatic hydroxyl groups is 1. The largest absolute Gasteiger partial charge is 0.389 e. The van der Waals surface area contributed by atoms with Gasteiger partial charge in [0.15, 0.2) is 0 Å². The average molecular weight is 235 g/mol. The number of hydrogen-bond acceptors (Lipinski definition) is 2. The van der Waals surface area contributed by atoms with Crippen molar-refractivity contribution in [2.45, 2.75) is 52.7 Å². The number of aryl methyl sites for hydroxylation is 2. The topological polar surface area (TPSA) is 32.3 Å². The lowest BCUT2D eigenvalue weighted by molar-refractivity contribution is 0.0581. The molecule has 0 saturated heterocycles. The molecular weight excluding hydrogens is 210 g/mol. The summed E-state index contributed by atoms with van der Waals surface area (Å²) < 4.78 is 0. The second-order valence-electron chi connectivity index (χ2n) is 5.71. The van der Waals surface area contributed by atoms with Crippen LogP contribution in [0.3, 0.4) is 0 Å². The van der Waals surface area contributed by atoms with Crippen LogP contribution in [0.15, 0.2) is 18.2 Å². The van der Waals surface area contributed by atoms with E-state index in [1.807, 2.05) is 6.92 Å². The van der Waals surface area contributed by atoms with E-state index < -0.39 is 5.60 Å². The molecule has 96 valence electrons. The van der Waals surface area contributed by atoms with Gasteiger partial charge >= 0.3 is 0 Å². The van der Waals surface area contributed by atoms with Crippen LogP contribution in [0.5, 0.6) is 0 Å². The second-order valence-corrected chi connectivity index (χ2v) is 5.71. The fraction of sp³-hybridized carbons (Fsp3) is 0.600. The zero-order valence-electron chi connectivity index (χ0n) is 11.7. The molecule has 2 N–H and O–H groups in total. The van der Waals surface area contributed by atoms with Crippen LogP contribution in [0.25, 0.3) is 0 Å². The number of rotatable bonds is 5. The Morgan fingerprint density at radius 1 is 1.18 bits per heavy atom. The lowest BCUT2D eigenvalue weighted by Gasteiger charge is -2.25. The van der Waals surface area contributed by atoms with Crippen molar-refractivity contribution in [3.05, 3.63) is 34.9 Å². The van der Waals surface area contributed by atoms with Crippen LogP contribution in [0.4, 0.5) is 0 Å². The first kappa shape index (κ1) is 14.2. The van der Waals surface area contributed by atoms with E-state index >= 15 is 0 Å². The molecule has 2 heteroatoms. The van der Waals surface area contributed by atoms with Crippen molar-refractivity contribution in [3.63, 3.8) is 0 Å². The van der Waals surface area contributed by atoms with Gasteiger partial charge in [0.25, 0.3) is 0 Å². The Balaban J connectivity index is 2.68. The lowest BCUT2D eigenvalue weighted by atomic mass is 9.94. The Labute approximate surface area is 105 Å². The molecule has 0 saturated carbocycles. The van der Waals surface area contributed by atoms with Crippen molar-refractivity contribution in [2.75, 3.05) is 6.54 Å². The zero-order valence-corrected chi connectivity index (χ0v) is 11.7. The van der Waals surface area contributed by atoms with E-state index in [0.29, 0.717) is 19.0 Å². The van der Waals surface area contributed by atoms with E-state index in [0.717, 1.165) is 0 Å².